The number of carbonyl (C=O) groups excluding carboxylic acids is 1. The van der Waals surface area contributed by atoms with Gasteiger partial charge in [-0.15, -0.1) is 0 Å². The number of thiocarbonyl (C=S) groups is 1. The molecule has 0 unspecified atom stereocenters. The summed E-state index contributed by atoms with van der Waals surface area (Å²) in [4.78, 5) is 16.3. The van der Waals surface area contributed by atoms with Gasteiger partial charge in [-0.2, -0.15) is 0 Å². The van der Waals surface area contributed by atoms with E-state index in [0.29, 0.717) is 5.13 Å². The van der Waals surface area contributed by atoms with E-state index in [1.54, 1.807) is 6.07 Å². The summed E-state index contributed by atoms with van der Waals surface area (Å²) < 4.78 is 14.5. The van der Waals surface area contributed by atoms with Crippen molar-refractivity contribution in [3.8, 4) is 0 Å². The molecule has 1 heterocycles. The number of aromatic nitrogens is 1. The van der Waals surface area contributed by atoms with Gasteiger partial charge in [0.15, 0.2) is 10.2 Å². The van der Waals surface area contributed by atoms with Crippen molar-refractivity contribution in [2.24, 2.45) is 0 Å². The quantitative estimate of drug-likeness (QED) is 0.705. The zero-order valence-electron chi connectivity index (χ0n) is 11.2. The van der Waals surface area contributed by atoms with Crippen LogP contribution in [-0.2, 0) is 0 Å². The number of carbonyl (C=O) groups is 1. The number of hydrogen-bond donors (Lipinski definition) is 2. The average Bonchev–Trinajstić information content (AvgIpc) is 2.89. The lowest BCUT2D eigenvalue weighted by molar-refractivity contribution is 0.0974. The molecule has 0 aliphatic carbocycles. The fraction of sp³-hybridized carbons (Fsp3) is 0. The molecule has 0 saturated heterocycles. The summed E-state index contributed by atoms with van der Waals surface area (Å²) in [5.74, 6) is -1.19. The Labute approximate surface area is 135 Å². The summed E-state index contributed by atoms with van der Waals surface area (Å²) in [6.45, 7) is 0. The first-order chi connectivity index (χ1) is 10.6. The summed E-state index contributed by atoms with van der Waals surface area (Å²) in [6.07, 6.45) is 0. The molecule has 0 aliphatic rings. The summed E-state index contributed by atoms with van der Waals surface area (Å²) >= 11 is 6.48. The van der Waals surface area contributed by atoms with E-state index in [0.717, 1.165) is 10.2 Å². The highest BCUT2D eigenvalue weighted by Gasteiger charge is 2.13. The van der Waals surface area contributed by atoms with E-state index in [-0.39, 0.29) is 10.7 Å². The van der Waals surface area contributed by atoms with Crippen LogP contribution in [0.3, 0.4) is 0 Å². The van der Waals surface area contributed by atoms with E-state index in [1.807, 2.05) is 24.3 Å². The van der Waals surface area contributed by atoms with Crippen LogP contribution in [0.2, 0.25) is 0 Å². The Hall–Kier alpha value is -2.38. The zero-order chi connectivity index (χ0) is 15.5. The van der Waals surface area contributed by atoms with Crippen LogP contribution >= 0.6 is 23.6 Å². The maximum Gasteiger partial charge on any atom is 0.260 e. The standard InChI is InChI=1S/C15H10FN3OS2/c16-10-6-2-1-5-9(10)13(20)18-14(21)19-15-17-11-7-3-4-8-12(11)22-15/h1-8H,(H2,17,18,19,20,21). The average molecular weight is 331 g/mol. The number of benzene rings is 2. The minimum Gasteiger partial charge on any atom is -0.308 e. The molecule has 0 radical (unpaired) electrons. The molecule has 4 nitrogen and oxygen atoms in total. The van der Waals surface area contributed by atoms with Crippen LogP contribution in [0.4, 0.5) is 9.52 Å². The Morgan fingerprint density at radius 3 is 2.64 bits per heavy atom. The summed E-state index contributed by atoms with van der Waals surface area (Å²) in [5, 5.41) is 5.92. The maximum atomic E-state index is 13.5. The second-order valence-corrected chi connectivity index (χ2v) is 5.81. The molecular formula is C15H10FN3OS2. The SMILES string of the molecule is O=C(NC(=S)Nc1nc2ccccc2s1)c1ccccc1F. The first-order valence-corrected chi connectivity index (χ1v) is 7.58. The van der Waals surface area contributed by atoms with Gasteiger partial charge < -0.3 is 5.32 Å². The van der Waals surface area contributed by atoms with Gasteiger partial charge in [0, 0.05) is 0 Å². The molecule has 22 heavy (non-hydrogen) atoms. The molecule has 2 aromatic carbocycles. The Kier molecular flexibility index (Phi) is 4.08. The van der Waals surface area contributed by atoms with Crippen LogP contribution in [0.5, 0.6) is 0 Å². The van der Waals surface area contributed by atoms with Gasteiger partial charge in [-0.05, 0) is 36.5 Å². The number of halogens is 1. The summed E-state index contributed by atoms with van der Waals surface area (Å²) in [5.41, 5.74) is 0.786. The molecule has 1 amide bonds. The summed E-state index contributed by atoms with van der Waals surface area (Å²) in [6, 6.07) is 13.4. The minimum atomic E-state index is -0.600. The lowest BCUT2D eigenvalue weighted by Gasteiger charge is -2.07. The number of para-hydroxylation sites is 1. The third-order valence-corrected chi connectivity index (χ3v) is 4.02. The predicted octanol–water partition coefficient (Wildman–Crippen LogP) is 3.56. The van der Waals surface area contributed by atoms with Crippen LogP contribution in [0.25, 0.3) is 10.2 Å². The number of amides is 1. The van der Waals surface area contributed by atoms with Crippen LogP contribution in [0, 0.1) is 5.82 Å². The second kappa shape index (κ2) is 6.17. The molecule has 1 aromatic heterocycles. The number of nitrogens with zero attached hydrogens (tertiary/aromatic N) is 1. The number of anilines is 1. The van der Waals surface area contributed by atoms with Crippen molar-refractivity contribution in [2.45, 2.75) is 0 Å². The Bertz CT molecular complexity index is 830. The van der Waals surface area contributed by atoms with Crippen molar-refractivity contribution in [3.63, 3.8) is 0 Å². The lowest BCUT2D eigenvalue weighted by atomic mass is 10.2. The highest BCUT2D eigenvalue weighted by atomic mass is 32.1. The molecule has 0 aliphatic heterocycles. The Morgan fingerprint density at radius 1 is 1.14 bits per heavy atom. The van der Waals surface area contributed by atoms with Crippen molar-refractivity contribution in [2.75, 3.05) is 5.32 Å². The Morgan fingerprint density at radius 2 is 1.86 bits per heavy atom. The van der Waals surface area contributed by atoms with E-state index >= 15 is 0 Å². The van der Waals surface area contributed by atoms with Crippen molar-refractivity contribution in [3.05, 3.63) is 59.9 Å². The van der Waals surface area contributed by atoms with E-state index in [9.17, 15) is 9.18 Å². The number of nitrogens with one attached hydrogen (secondary N) is 2. The molecule has 2 N–H and O–H groups in total. The second-order valence-electron chi connectivity index (χ2n) is 4.37. The molecule has 0 fully saturated rings. The monoisotopic (exact) mass is 331 g/mol. The third kappa shape index (κ3) is 3.10. The molecule has 7 heteroatoms. The van der Waals surface area contributed by atoms with Gasteiger partial charge in [-0.25, -0.2) is 9.37 Å². The Balaban J connectivity index is 1.70. The first kappa shape index (κ1) is 14.6. The van der Waals surface area contributed by atoms with Gasteiger partial charge >= 0.3 is 0 Å². The normalized spacial score (nSPS) is 10.4. The topological polar surface area (TPSA) is 54.0 Å². The molecule has 0 spiro atoms. The third-order valence-electron chi connectivity index (χ3n) is 2.86. The molecule has 3 rings (SSSR count). The number of rotatable bonds is 2. The van der Waals surface area contributed by atoms with Gasteiger partial charge in [-0.1, -0.05) is 35.6 Å². The first-order valence-electron chi connectivity index (χ1n) is 6.36. The summed E-state index contributed by atoms with van der Waals surface area (Å²) in [7, 11) is 0. The van der Waals surface area contributed by atoms with Crippen LogP contribution < -0.4 is 10.6 Å². The molecule has 3 aromatic rings. The minimum absolute atomic E-state index is 0.0593. The lowest BCUT2D eigenvalue weighted by Crippen LogP contribution is -2.34. The number of hydrogen-bond acceptors (Lipinski definition) is 4. The van der Waals surface area contributed by atoms with Crippen molar-refractivity contribution >= 4 is 49.9 Å². The highest BCUT2D eigenvalue weighted by Crippen LogP contribution is 2.25. The van der Waals surface area contributed by atoms with Crippen LogP contribution in [-0.4, -0.2) is 16.0 Å². The number of thiazole rings is 1. The van der Waals surface area contributed by atoms with Gasteiger partial charge in [0.05, 0.1) is 15.8 Å². The molecule has 110 valence electrons. The van der Waals surface area contributed by atoms with Crippen molar-refractivity contribution in [1.29, 1.82) is 0 Å². The molecule has 0 bridgehead atoms. The van der Waals surface area contributed by atoms with E-state index in [4.69, 9.17) is 12.2 Å². The molecule has 0 atom stereocenters. The highest BCUT2D eigenvalue weighted by molar-refractivity contribution is 7.80. The maximum absolute atomic E-state index is 13.5. The van der Waals surface area contributed by atoms with Gasteiger partial charge in [0.25, 0.3) is 5.91 Å². The molecule has 0 saturated carbocycles. The van der Waals surface area contributed by atoms with E-state index in [1.165, 1.54) is 29.5 Å². The van der Waals surface area contributed by atoms with Crippen molar-refractivity contribution < 1.29 is 9.18 Å². The fourth-order valence-electron chi connectivity index (χ4n) is 1.87. The van der Waals surface area contributed by atoms with Crippen molar-refractivity contribution in [1.82, 2.24) is 10.3 Å². The van der Waals surface area contributed by atoms with Crippen LogP contribution in [0.1, 0.15) is 10.4 Å². The molecular weight excluding hydrogens is 321 g/mol. The van der Waals surface area contributed by atoms with Gasteiger partial charge in [0.1, 0.15) is 5.82 Å². The van der Waals surface area contributed by atoms with Crippen LogP contribution in [0.15, 0.2) is 48.5 Å². The van der Waals surface area contributed by atoms with E-state index in [2.05, 4.69) is 15.6 Å². The smallest absolute Gasteiger partial charge is 0.260 e. The fourth-order valence-corrected chi connectivity index (χ4v) is 2.99. The van der Waals surface area contributed by atoms with E-state index < -0.39 is 11.7 Å². The van der Waals surface area contributed by atoms with Gasteiger partial charge in [-0.3, -0.25) is 10.1 Å². The predicted molar refractivity (Wildman–Crippen MR) is 89.7 cm³/mol. The largest absolute Gasteiger partial charge is 0.308 e. The number of fused-ring (bicyclic) bond motifs is 1. The van der Waals surface area contributed by atoms with Gasteiger partial charge in [0.2, 0.25) is 0 Å². The zero-order valence-corrected chi connectivity index (χ0v) is 12.8.